The van der Waals surface area contributed by atoms with Crippen LogP contribution in [0.2, 0.25) is 0 Å². The van der Waals surface area contributed by atoms with Gasteiger partial charge in [-0.25, -0.2) is 4.79 Å². The van der Waals surface area contributed by atoms with E-state index in [1.807, 2.05) is 72.8 Å². The average Bonchev–Trinajstić information content (AvgIpc) is 2.77. The molecule has 0 fully saturated rings. The van der Waals surface area contributed by atoms with Crippen molar-refractivity contribution in [1.82, 2.24) is 5.32 Å². The van der Waals surface area contributed by atoms with E-state index < -0.39 is 12.1 Å². The minimum Gasteiger partial charge on any atom is -0.444 e. The Morgan fingerprint density at radius 1 is 1.03 bits per heavy atom. The van der Waals surface area contributed by atoms with Gasteiger partial charge in [-0.05, 0) is 23.9 Å². The average molecular weight is 388 g/mol. The highest BCUT2D eigenvalue weighted by Gasteiger charge is 2.29. The maximum absolute atomic E-state index is 13.1. The molecule has 0 bridgehead atoms. The highest BCUT2D eigenvalue weighted by atomic mass is 16.6. The summed E-state index contributed by atoms with van der Waals surface area (Å²) < 4.78 is 5.56. The Morgan fingerprint density at radius 2 is 1.72 bits per heavy atom. The summed E-state index contributed by atoms with van der Waals surface area (Å²) in [7, 11) is 0. The van der Waals surface area contributed by atoms with Crippen molar-refractivity contribution in [2.45, 2.75) is 19.6 Å². The predicted octanol–water partition coefficient (Wildman–Crippen LogP) is 4.67. The molecule has 148 valence electrons. The SMILES string of the molecule is C=CCNC(=O)[C@H](C)N(C(=O)OCc1ccccc1)c1cccc2ccccc12. The minimum absolute atomic E-state index is 0.127. The number of anilines is 1. The van der Waals surface area contributed by atoms with Crippen LogP contribution in [0.4, 0.5) is 10.5 Å². The van der Waals surface area contributed by atoms with Gasteiger partial charge in [0.05, 0.1) is 5.69 Å². The van der Waals surface area contributed by atoms with Crippen LogP contribution in [0.1, 0.15) is 12.5 Å². The monoisotopic (exact) mass is 388 g/mol. The topological polar surface area (TPSA) is 58.6 Å². The zero-order valence-electron chi connectivity index (χ0n) is 16.4. The maximum Gasteiger partial charge on any atom is 0.415 e. The molecule has 0 heterocycles. The molecule has 3 rings (SSSR count). The molecular formula is C24H24N2O3. The Hall–Kier alpha value is -3.60. The van der Waals surface area contributed by atoms with Gasteiger partial charge in [0.25, 0.3) is 0 Å². The number of nitrogens with one attached hydrogen (secondary N) is 1. The van der Waals surface area contributed by atoms with Crippen LogP contribution in [-0.4, -0.2) is 24.6 Å². The van der Waals surface area contributed by atoms with Crippen molar-refractivity contribution in [3.8, 4) is 0 Å². The van der Waals surface area contributed by atoms with Crippen molar-refractivity contribution in [2.75, 3.05) is 11.4 Å². The predicted molar refractivity (Wildman–Crippen MR) is 116 cm³/mol. The Kier molecular flexibility index (Phi) is 6.63. The van der Waals surface area contributed by atoms with Gasteiger partial charge in [-0.3, -0.25) is 9.69 Å². The van der Waals surface area contributed by atoms with Crippen molar-refractivity contribution >= 4 is 28.5 Å². The van der Waals surface area contributed by atoms with Crippen LogP contribution in [0, 0.1) is 0 Å². The molecule has 0 spiro atoms. The van der Waals surface area contributed by atoms with Crippen LogP contribution in [-0.2, 0) is 16.1 Å². The molecule has 29 heavy (non-hydrogen) atoms. The molecule has 3 aromatic carbocycles. The van der Waals surface area contributed by atoms with E-state index in [1.54, 1.807) is 13.0 Å². The molecule has 0 radical (unpaired) electrons. The van der Waals surface area contributed by atoms with E-state index in [-0.39, 0.29) is 12.5 Å². The second-order valence-corrected chi connectivity index (χ2v) is 6.62. The summed E-state index contributed by atoms with van der Waals surface area (Å²) in [5.41, 5.74) is 1.50. The Balaban J connectivity index is 1.93. The second kappa shape index (κ2) is 9.55. The normalized spacial score (nSPS) is 11.5. The molecule has 5 nitrogen and oxygen atoms in total. The minimum atomic E-state index is -0.760. The molecule has 2 amide bonds. The zero-order valence-corrected chi connectivity index (χ0v) is 16.4. The van der Waals surface area contributed by atoms with Gasteiger partial charge in [-0.2, -0.15) is 0 Å². The zero-order chi connectivity index (χ0) is 20.6. The van der Waals surface area contributed by atoms with E-state index in [0.29, 0.717) is 12.2 Å². The van der Waals surface area contributed by atoms with E-state index in [1.165, 1.54) is 4.90 Å². The Bertz CT molecular complexity index is 996. The largest absolute Gasteiger partial charge is 0.444 e. The van der Waals surface area contributed by atoms with Gasteiger partial charge in [0.15, 0.2) is 0 Å². The van der Waals surface area contributed by atoms with Gasteiger partial charge in [-0.15, -0.1) is 6.58 Å². The third-order valence-electron chi connectivity index (χ3n) is 4.62. The quantitative estimate of drug-likeness (QED) is 0.598. The summed E-state index contributed by atoms with van der Waals surface area (Å²) >= 11 is 0. The summed E-state index contributed by atoms with van der Waals surface area (Å²) in [6.07, 6.45) is 1.02. The van der Waals surface area contributed by atoms with Gasteiger partial charge in [0, 0.05) is 11.9 Å². The van der Waals surface area contributed by atoms with Gasteiger partial charge in [-0.1, -0.05) is 72.8 Å². The maximum atomic E-state index is 13.1. The lowest BCUT2D eigenvalue weighted by Crippen LogP contribution is -2.48. The molecule has 0 aromatic heterocycles. The van der Waals surface area contributed by atoms with Crippen LogP contribution in [0.15, 0.2) is 85.5 Å². The standard InChI is InChI=1S/C24H24N2O3/c1-3-16-25-23(27)18(2)26(24(28)29-17-19-10-5-4-6-11-19)22-15-9-13-20-12-7-8-14-21(20)22/h3-15,18H,1,16-17H2,2H3,(H,25,27)/t18-/m0/s1. The molecule has 1 N–H and O–H groups in total. The lowest BCUT2D eigenvalue weighted by atomic mass is 10.1. The summed E-state index contributed by atoms with van der Waals surface area (Å²) in [4.78, 5) is 27.1. The van der Waals surface area contributed by atoms with Crippen LogP contribution in [0.5, 0.6) is 0 Å². The highest BCUT2D eigenvalue weighted by Crippen LogP contribution is 2.29. The number of hydrogen-bond acceptors (Lipinski definition) is 3. The number of carbonyl (C=O) groups is 2. The number of fused-ring (bicyclic) bond motifs is 1. The Labute approximate surface area is 170 Å². The molecule has 0 aliphatic carbocycles. The van der Waals surface area contributed by atoms with E-state index >= 15 is 0 Å². The molecule has 0 aliphatic rings. The highest BCUT2D eigenvalue weighted by molar-refractivity contribution is 6.05. The number of amides is 2. The first-order chi connectivity index (χ1) is 14.1. The first kappa shape index (κ1) is 20.1. The van der Waals surface area contributed by atoms with Gasteiger partial charge < -0.3 is 10.1 Å². The lowest BCUT2D eigenvalue weighted by molar-refractivity contribution is -0.121. The second-order valence-electron chi connectivity index (χ2n) is 6.62. The fraction of sp³-hybridized carbons (Fsp3) is 0.167. The molecule has 5 heteroatoms. The third kappa shape index (κ3) is 4.82. The smallest absolute Gasteiger partial charge is 0.415 e. The summed E-state index contributed by atoms with van der Waals surface area (Å²) in [6, 6.07) is 22.1. The number of carbonyl (C=O) groups excluding carboxylic acids is 2. The third-order valence-corrected chi connectivity index (χ3v) is 4.62. The number of benzene rings is 3. The van der Waals surface area contributed by atoms with Crippen molar-refractivity contribution < 1.29 is 14.3 Å². The molecule has 3 aromatic rings. The Morgan fingerprint density at radius 3 is 2.48 bits per heavy atom. The van der Waals surface area contributed by atoms with Gasteiger partial charge >= 0.3 is 6.09 Å². The van der Waals surface area contributed by atoms with Crippen LogP contribution < -0.4 is 10.2 Å². The van der Waals surface area contributed by atoms with Crippen LogP contribution in [0.3, 0.4) is 0 Å². The molecule has 0 aliphatic heterocycles. The molecule has 0 saturated carbocycles. The molecule has 0 unspecified atom stereocenters. The fourth-order valence-corrected chi connectivity index (χ4v) is 3.11. The lowest BCUT2D eigenvalue weighted by Gasteiger charge is -2.28. The molecular weight excluding hydrogens is 364 g/mol. The number of nitrogens with zero attached hydrogens (tertiary/aromatic N) is 1. The fourth-order valence-electron chi connectivity index (χ4n) is 3.11. The van der Waals surface area contributed by atoms with E-state index in [4.69, 9.17) is 4.74 Å². The van der Waals surface area contributed by atoms with E-state index in [2.05, 4.69) is 11.9 Å². The van der Waals surface area contributed by atoms with Crippen LogP contribution in [0.25, 0.3) is 10.8 Å². The molecule has 0 saturated heterocycles. The van der Waals surface area contributed by atoms with Crippen molar-refractivity contribution in [3.05, 3.63) is 91.0 Å². The summed E-state index contributed by atoms with van der Waals surface area (Å²) in [5, 5.41) is 4.60. The summed E-state index contributed by atoms with van der Waals surface area (Å²) in [6.45, 7) is 5.75. The van der Waals surface area contributed by atoms with Crippen molar-refractivity contribution in [3.63, 3.8) is 0 Å². The summed E-state index contributed by atoms with van der Waals surface area (Å²) in [5.74, 6) is -0.283. The van der Waals surface area contributed by atoms with Crippen molar-refractivity contribution in [1.29, 1.82) is 0 Å². The first-order valence-electron chi connectivity index (χ1n) is 9.48. The number of rotatable bonds is 7. The van der Waals surface area contributed by atoms with Crippen LogP contribution >= 0.6 is 0 Å². The van der Waals surface area contributed by atoms with E-state index in [9.17, 15) is 9.59 Å². The van der Waals surface area contributed by atoms with Gasteiger partial charge in [0.1, 0.15) is 12.6 Å². The van der Waals surface area contributed by atoms with Gasteiger partial charge in [0.2, 0.25) is 5.91 Å². The number of ether oxygens (including phenoxy) is 1. The van der Waals surface area contributed by atoms with E-state index in [0.717, 1.165) is 16.3 Å². The molecule has 1 atom stereocenters. The van der Waals surface area contributed by atoms with Crippen molar-refractivity contribution in [2.24, 2.45) is 0 Å². The number of hydrogen-bond donors (Lipinski definition) is 1. The first-order valence-corrected chi connectivity index (χ1v) is 9.48.